The average molecular weight is 248 g/mol. The van der Waals surface area contributed by atoms with Crippen LogP contribution in [0.25, 0.3) is 0 Å². The van der Waals surface area contributed by atoms with Gasteiger partial charge in [-0.3, -0.25) is 4.90 Å². The minimum atomic E-state index is 0.329. The Labute approximate surface area is 112 Å². The SMILES string of the molecule is CCC(CC)N(C)C(CN)c1cccc(C)c1C. The maximum absolute atomic E-state index is 6.03. The molecule has 18 heavy (non-hydrogen) atoms. The summed E-state index contributed by atoms with van der Waals surface area (Å²) in [5.74, 6) is 0. The first kappa shape index (κ1) is 15.2. The fourth-order valence-corrected chi connectivity index (χ4v) is 2.77. The zero-order valence-corrected chi connectivity index (χ0v) is 12.5. The van der Waals surface area contributed by atoms with Gasteiger partial charge in [0.1, 0.15) is 0 Å². The quantitative estimate of drug-likeness (QED) is 0.836. The molecule has 1 aromatic carbocycles. The lowest BCUT2D eigenvalue weighted by Gasteiger charge is -2.35. The molecule has 0 fully saturated rings. The van der Waals surface area contributed by atoms with Crippen LogP contribution in [-0.2, 0) is 0 Å². The summed E-state index contributed by atoms with van der Waals surface area (Å²) >= 11 is 0. The third kappa shape index (κ3) is 3.12. The van der Waals surface area contributed by atoms with Gasteiger partial charge in [-0.25, -0.2) is 0 Å². The second kappa shape index (κ2) is 6.91. The molecule has 0 bridgehead atoms. The lowest BCUT2D eigenvalue weighted by molar-refractivity contribution is 0.167. The molecule has 0 spiro atoms. The monoisotopic (exact) mass is 248 g/mol. The molecule has 0 aliphatic rings. The van der Waals surface area contributed by atoms with Gasteiger partial charge in [0.2, 0.25) is 0 Å². The molecule has 0 saturated heterocycles. The molecule has 0 aliphatic heterocycles. The molecule has 0 aliphatic carbocycles. The molecule has 1 atom stereocenters. The van der Waals surface area contributed by atoms with E-state index in [0.29, 0.717) is 18.6 Å². The number of aryl methyl sites for hydroxylation is 1. The summed E-state index contributed by atoms with van der Waals surface area (Å²) in [4.78, 5) is 2.45. The van der Waals surface area contributed by atoms with E-state index in [0.717, 1.165) is 0 Å². The van der Waals surface area contributed by atoms with Gasteiger partial charge in [-0.2, -0.15) is 0 Å². The number of nitrogens with zero attached hydrogens (tertiary/aromatic N) is 1. The average Bonchev–Trinajstić information content (AvgIpc) is 2.37. The predicted octanol–water partition coefficient (Wildman–Crippen LogP) is 3.42. The van der Waals surface area contributed by atoms with Crippen molar-refractivity contribution in [2.24, 2.45) is 5.73 Å². The lowest BCUT2D eigenvalue weighted by Crippen LogP contribution is -2.38. The van der Waals surface area contributed by atoms with Gasteiger partial charge >= 0.3 is 0 Å². The van der Waals surface area contributed by atoms with Crippen molar-refractivity contribution in [3.05, 3.63) is 34.9 Å². The molecule has 1 aromatic rings. The Morgan fingerprint density at radius 1 is 1.17 bits per heavy atom. The minimum Gasteiger partial charge on any atom is -0.329 e. The van der Waals surface area contributed by atoms with Gasteiger partial charge in [0.05, 0.1) is 0 Å². The van der Waals surface area contributed by atoms with Crippen molar-refractivity contribution in [1.82, 2.24) is 4.90 Å². The highest BCUT2D eigenvalue weighted by Gasteiger charge is 2.22. The number of rotatable bonds is 6. The molecule has 0 amide bonds. The summed E-state index contributed by atoms with van der Waals surface area (Å²) in [6.07, 6.45) is 2.35. The Morgan fingerprint density at radius 2 is 1.78 bits per heavy atom. The van der Waals surface area contributed by atoms with Crippen molar-refractivity contribution >= 4 is 0 Å². The second-order valence-corrected chi connectivity index (χ2v) is 5.18. The Bertz CT molecular complexity index is 369. The Hall–Kier alpha value is -0.860. The van der Waals surface area contributed by atoms with E-state index < -0.39 is 0 Å². The third-order valence-corrected chi connectivity index (χ3v) is 4.24. The van der Waals surface area contributed by atoms with E-state index in [4.69, 9.17) is 5.73 Å². The van der Waals surface area contributed by atoms with Gasteiger partial charge in [0.25, 0.3) is 0 Å². The molecule has 1 unspecified atom stereocenters. The molecule has 0 radical (unpaired) electrons. The van der Waals surface area contributed by atoms with Crippen LogP contribution in [0.15, 0.2) is 18.2 Å². The molecule has 102 valence electrons. The van der Waals surface area contributed by atoms with E-state index in [1.807, 2.05) is 0 Å². The number of likely N-dealkylation sites (N-methyl/N-ethyl adjacent to an activating group) is 1. The summed E-state index contributed by atoms with van der Waals surface area (Å²) in [5, 5.41) is 0. The fourth-order valence-electron chi connectivity index (χ4n) is 2.77. The molecular formula is C16H28N2. The van der Waals surface area contributed by atoms with E-state index in [9.17, 15) is 0 Å². The summed E-state index contributed by atoms with van der Waals surface area (Å²) in [6.45, 7) is 9.55. The Kier molecular flexibility index (Phi) is 5.83. The fraction of sp³-hybridized carbons (Fsp3) is 0.625. The highest BCUT2D eigenvalue weighted by Crippen LogP contribution is 2.26. The van der Waals surface area contributed by atoms with Gasteiger partial charge in [-0.1, -0.05) is 32.0 Å². The smallest absolute Gasteiger partial charge is 0.0473 e. The predicted molar refractivity (Wildman–Crippen MR) is 79.8 cm³/mol. The molecule has 2 nitrogen and oxygen atoms in total. The highest BCUT2D eigenvalue weighted by atomic mass is 15.2. The van der Waals surface area contributed by atoms with Crippen molar-refractivity contribution in [3.63, 3.8) is 0 Å². The van der Waals surface area contributed by atoms with Gasteiger partial charge in [0, 0.05) is 18.6 Å². The zero-order chi connectivity index (χ0) is 13.7. The van der Waals surface area contributed by atoms with E-state index in [1.165, 1.54) is 29.5 Å². The molecule has 2 heteroatoms. The Morgan fingerprint density at radius 3 is 2.28 bits per heavy atom. The molecule has 1 rings (SSSR count). The summed E-state index contributed by atoms with van der Waals surface area (Å²) < 4.78 is 0. The van der Waals surface area contributed by atoms with E-state index >= 15 is 0 Å². The maximum Gasteiger partial charge on any atom is 0.0473 e. The van der Waals surface area contributed by atoms with Crippen LogP contribution in [-0.4, -0.2) is 24.5 Å². The van der Waals surface area contributed by atoms with Crippen LogP contribution in [0.2, 0.25) is 0 Å². The standard InChI is InChI=1S/C16H28N2/c1-6-14(7-2)18(5)16(11-17)15-10-8-9-12(3)13(15)4/h8-10,14,16H,6-7,11,17H2,1-5H3. The van der Waals surface area contributed by atoms with Gasteiger partial charge < -0.3 is 5.73 Å². The van der Waals surface area contributed by atoms with Crippen molar-refractivity contribution in [2.75, 3.05) is 13.6 Å². The van der Waals surface area contributed by atoms with Crippen molar-refractivity contribution in [2.45, 2.75) is 52.6 Å². The van der Waals surface area contributed by atoms with Gasteiger partial charge in [-0.05, 0) is 50.4 Å². The topological polar surface area (TPSA) is 29.3 Å². The van der Waals surface area contributed by atoms with Crippen LogP contribution in [0.3, 0.4) is 0 Å². The van der Waals surface area contributed by atoms with Crippen LogP contribution in [0.1, 0.15) is 49.4 Å². The van der Waals surface area contributed by atoms with Crippen LogP contribution >= 0.6 is 0 Å². The molecular weight excluding hydrogens is 220 g/mol. The van der Waals surface area contributed by atoms with Crippen LogP contribution in [0, 0.1) is 13.8 Å². The highest BCUT2D eigenvalue weighted by molar-refractivity contribution is 5.35. The molecule has 0 saturated carbocycles. The summed E-state index contributed by atoms with van der Waals surface area (Å²) in [6, 6.07) is 7.47. The number of benzene rings is 1. The van der Waals surface area contributed by atoms with Gasteiger partial charge in [0.15, 0.2) is 0 Å². The number of hydrogen-bond donors (Lipinski definition) is 1. The Balaban J connectivity index is 3.05. The van der Waals surface area contributed by atoms with Crippen LogP contribution in [0.4, 0.5) is 0 Å². The van der Waals surface area contributed by atoms with E-state index in [1.54, 1.807) is 0 Å². The number of hydrogen-bond acceptors (Lipinski definition) is 2. The van der Waals surface area contributed by atoms with Crippen LogP contribution < -0.4 is 5.73 Å². The zero-order valence-electron chi connectivity index (χ0n) is 12.5. The van der Waals surface area contributed by atoms with E-state index in [-0.39, 0.29) is 0 Å². The summed E-state index contributed by atoms with van der Waals surface area (Å²) in [7, 11) is 2.21. The largest absolute Gasteiger partial charge is 0.329 e. The maximum atomic E-state index is 6.03. The number of nitrogens with two attached hydrogens (primary N) is 1. The molecule has 0 aromatic heterocycles. The third-order valence-electron chi connectivity index (χ3n) is 4.24. The first-order valence-electron chi connectivity index (χ1n) is 7.04. The van der Waals surface area contributed by atoms with Gasteiger partial charge in [-0.15, -0.1) is 0 Å². The summed E-state index contributed by atoms with van der Waals surface area (Å²) in [5.41, 5.74) is 10.1. The molecule has 2 N–H and O–H groups in total. The van der Waals surface area contributed by atoms with Crippen molar-refractivity contribution in [1.29, 1.82) is 0 Å². The normalized spacial score (nSPS) is 13.3. The van der Waals surface area contributed by atoms with Crippen molar-refractivity contribution in [3.8, 4) is 0 Å². The molecule has 0 heterocycles. The van der Waals surface area contributed by atoms with Crippen molar-refractivity contribution < 1.29 is 0 Å². The van der Waals surface area contributed by atoms with Crippen LogP contribution in [0.5, 0.6) is 0 Å². The minimum absolute atomic E-state index is 0.329. The second-order valence-electron chi connectivity index (χ2n) is 5.18. The van der Waals surface area contributed by atoms with E-state index in [2.05, 4.69) is 57.8 Å². The lowest BCUT2D eigenvalue weighted by atomic mass is 9.95. The first-order chi connectivity index (χ1) is 8.56. The first-order valence-corrected chi connectivity index (χ1v) is 7.04.